The van der Waals surface area contributed by atoms with Crippen molar-refractivity contribution in [3.63, 3.8) is 0 Å². The van der Waals surface area contributed by atoms with Gasteiger partial charge in [0.25, 0.3) is 5.22 Å². The molecule has 0 aliphatic rings. The van der Waals surface area contributed by atoms with Gasteiger partial charge < -0.3 is 14.5 Å². The van der Waals surface area contributed by atoms with Gasteiger partial charge >= 0.3 is 0 Å². The summed E-state index contributed by atoms with van der Waals surface area (Å²) < 4.78 is 5.51. The number of aromatic amines is 1. The number of aryl methyl sites for hydroxylation is 2. The molecule has 0 fully saturated rings. The first kappa shape index (κ1) is 16.1. The van der Waals surface area contributed by atoms with Gasteiger partial charge in [0.15, 0.2) is 5.82 Å². The second-order valence-corrected chi connectivity index (χ2v) is 6.65. The molecule has 0 aliphatic carbocycles. The van der Waals surface area contributed by atoms with Crippen molar-refractivity contribution in [3.8, 4) is 6.07 Å². The molecule has 0 amide bonds. The van der Waals surface area contributed by atoms with E-state index in [2.05, 4.69) is 15.0 Å². The van der Waals surface area contributed by atoms with E-state index in [9.17, 15) is 10.4 Å². The van der Waals surface area contributed by atoms with E-state index in [1.54, 1.807) is 6.92 Å². The number of hydrogen-bond donors (Lipinski definition) is 2. The average Bonchev–Trinajstić information content (AvgIpc) is 3.11. The van der Waals surface area contributed by atoms with E-state index in [-0.39, 0.29) is 11.3 Å². The standard InChI is InChI=1S/C17H16N4O2S/c1-9-10(2)23-17(19-9)24-11(3)15(22)12(8-18)16-20-13-6-4-5-7-14(13)21-16/h4-7,11,22H,1-3H3,(H,20,21)/b15-12-. The summed E-state index contributed by atoms with van der Waals surface area (Å²) in [4.78, 5) is 11.7. The maximum atomic E-state index is 10.5. The topological polar surface area (TPSA) is 98.7 Å². The van der Waals surface area contributed by atoms with Crippen LogP contribution in [-0.4, -0.2) is 25.3 Å². The number of imidazole rings is 1. The van der Waals surface area contributed by atoms with Crippen LogP contribution in [0.15, 0.2) is 39.7 Å². The lowest BCUT2D eigenvalue weighted by Crippen LogP contribution is -2.04. The second kappa shape index (κ2) is 6.42. The molecule has 7 heteroatoms. The number of nitriles is 1. The van der Waals surface area contributed by atoms with Crippen molar-refractivity contribution in [1.82, 2.24) is 15.0 Å². The quantitative estimate of drug-likeness (QED) is 0.421. The highest BCUT2D eigenvalue weighted by atomic mass is 32.2. The fourth-order valence-electron chi connectivity index (χ4n) is 2.21. The van der Waals surface area contributed by atoms with Gasteiger partial charge in [-0.25, -0.2) is 9.97 Å². The summed E-state index contributed by atoms with van der Waals surface area (Å²) >= 11 is 1.25. The Labute approximate surface area is 143 Å². The van der Waals surface area contributed by atoms with E-state index in [1.165, 1.54) is 11.8 Å². The Morgan fingerprint density at radius 3 is 2.71 bits per heavy atom. The third kappa shape index (κ3) is 3.01. The zero-order valence-electron chi connectivity index (χ0n) is 13.5. The number of aliphatic hydroxyl groups is 1. The Balaban J connectivity index is 1.92. The van der Waals surface area contributed by atoms with Gasteiger partial charge in [-0.2, -0.15) is 5.26 Å². The van der Waals surface area contributed by atoms with Crippen LogP contribution in [0.1, 0.15) is 24.2 Å². The van der Waals surface area contributed by atoms with Gasteiger partial charge in [0.1, 0.15) is 23.2 Å². The van der Waals surface area contributed by atoms with Crippen LogP contribution < -0.4 is 0 Å². The summed E-state index contributed by atoms with van der Waals surface area (Å²) in [6.07, 6.45) is 0. The third-order valence-electron chi connectivity index (χ3n) is 3.67. The van der Waals surface area contributed by atoms with Crippen LogP contribution in [0.5, 0.6) is 0 Å². The van der Waals surface area contributed by atoms with Crippen molar-refractivity contribution in [2.45, 2.75) is 31.2 Å². The summed E-state index contributed by atoms with van der Waals surface area (Å²) in [6, 6.07) is 9.50. The number of benzene rings is 1. The van der Waals surface area contributed by atoms with Crippen molar-refractivity contribution in [3.05, 3.63) is 47.3 Å². The molecule has 0 saturated carbocycles. The van der Waals surface area contributed by atoms with Crippen LogP contribution in [0, 0.1) is 25.2 Å². The van der Waals surface area contributed by atoms with Crippen molar-refractivity contribution >= 4 is 28.4 Å². The molecule has 3 aromatic rings. The van der Waals surface area contributed by atoms with Gasteiger partial charge in [0, 0.05) is 0 Å². The van der Waals surface area contributed by atoms with E-state index in [0.29, 0.717) is 11.0 Å². The summed E-state index contributed by atoms with van der Waals surface area (Å²) in [5.74, 6) is 1.03. The van der Waals surface area contributed by atoms with Crippen LogP contribution >= 0.6 is 11.8 Å². The third-order valence-corrected chi connectivity index (χ3v) is 4.62. The van der Waals surface area contributed by atoms with Crippen LogP contribution in [0.2, 0.25) is 0 Å². The lowest BCUT2D eigenvalue weighted by Gasteiger charge is -2.09. The number of H-pyrrole nitrogens is 1. The van der Waals surface area contributed by atoms with Gasteiger partial charge in [0.2, 0.25) is 0 Å². The van der Waals surface area contributed by atoms with Crippen molar-refractivity contribution in [2.24, 2.45) is 0 Å². The van der Waals surface area contributed by atoms with E-state index in [4.69, 9.17) is 4.42 Å². The molecule has 0 radical (unpaired) electrons. The predicted octanol–water partition coefficient (Wildman–Crippen LogP) is 4.14. The molecule has 0 saturated heterocycles. The number of oxazole rings is 1. The average molecular weight is 340 g/mol. The molecule has 1 atom stereocenters. The number of hydrogen-bond acceptors (Lipinski definition) is 6. The summed E-state index contributed by atoms with van der Waals surface area (Å²) in [7, 11) is 0. The van der Waals surface area contributed by atoms with Gasteiger partial charge in [-0.3, -0.25) is 0 Å². The number of nitrogens with one attached hydrogen (secondary N) is 1. The lowest BCUT2D eigenvalue weighted by molar-refractivity contribution is 0.397. The summed E-state index contributed by atoms with van der Waals surface area (Å²) in [6.45, 7) is 5.48. The second-order valence-electron chi connectivity index (χ2n) is 5.36. The minimum absolute atomic E-state index is 0.0601. The van der Waals surface area contributed by atoms with Crippen LogP contribution in [0.4, 0.5) is 0 Å². The molecule has 1 aromatic carbocycles. The van der Waals surface area contributed by atoms with E-state index < -0.39 is 5.25 Å². The monoisotopic (exact) mass is 340 g/mol. The number of fused-ring (bicyclic) bond motifs is 1. The molecule has 6 nitrogen and oxygen atoms in total. The molecule has 3 rings (SSSR count). The smallest absolute Gasteiger partial charge is 0.256 e. The normalized spacial score (nSPS) is 13.6. The number of aromatic nitrogens is 3. The first-order chi connectivity index (χ1) is 11.5. The van der Waals surface area contributed by atoms with Crippen molar-refractivity contribution in [2.75, 3.05) is 0 Å². The highest BCUT2D eigenvalue weighted by Crippen LogP contribution is 2.31. The largest absolute Gasteiger partial charge is 0.510 e. The molecule has 122 valence electrons. The molecule has 0 bridgehead atoms. The summed E-state index contributed by atoms with van der Waals surface area (Å²) in [5.41, 5.74) is 2.48. The van der Waals surface area contributed by atoms with Crippen LogP contribution in [0.3, 0.4) is 0 Å². The van der Waals surface area contributed by atoms with Crippen LogP contribution in [-0.2, 0) is 0 Å². The molecule has 2 N–H and O–H groups in total. The summed E-state index contributed by atoms with van der Waals surface area (Å²) in [5, 5.41) is 20.0. The number of nitrogens with zero attached hydrogens (tertiary/aromatic N) is 3. The van der Waals surface area contributed by atoms with Gasteiger partial charge in [-0.15, -0.1) is 0 Å². The minimum atomic E-state index is -0.398. The van der Waals surface area contributed by atoms with Crippen molar-refractivity contribution in [1.29, 1.82) is 5.26 Å². The molecular weight excluding hydrogens is 324 g/mol. The zero-order valence-corrected chi connectivity index (χ0v) is 14.3. The maximum absolute atomic E-state index is 10.5. The van der Waals surface area contributed by atoms with Gasteiger partial charge in [0.05, 0.1) is 22.0 Å². The molecule has 2 heterocycles. The van der Waals surface area contributed by atoms with Crippen molar-refractivity contribution < 1.29 is 9.52 Å². The number of aliphatic hydroxyl groups excluding tert-OH is 1. The van der Waals surface area contributed by atoms with E-state index in [1.807, 2.05) is 44.2 Å². The number of thioether (sulfide) groups is 1. The van der Waals surface area contributed by atoms with Gasteiger partial charge in [-0.1, -0.05) is 23.9 Å². The Morgan fingerprint density at radius 1 is 1.33 bits per heavy atom. The van der Waals surface area contributed by atoms with Crippen LogP contribution in [0.25, 0.3) is 16.6 Å². The fourth-order valence-corrected chi connectivity index (χ4v) is 3.10. The number of para-hydroxylation sites is 2. The number of rotatable bonds is 4. The van der Waals surface area contributed by atoms with E-state index >= 15 is 0 Å². The molecular formula is C17H16N4O2S. The molecule has 1 unspecified atom stereocenters. The SMILES string of the molecule is Cc1nc(SC(C)/C(O)=C(\C#N)c2nc3ccccc3[nH]2)oc1C. The van der Waals surface area contributed by atoms with E-state index in [0.717, 1.165) is 22.5 Å². The Hall–Kier alpha value is -2.72. The molecule has 24 heavy (non-hydrogen) atoms. The predicted molar refractivity (Wildman–Crippen MR) is 92.6 cm³/mol. The lowest BCUT2D eigenvalue weighted by atomic mass is 10.2. The molecule has 2 aromatic heterocycles. The Bertz CT molecular complexity index is 912. The molecule has 0 aliphatic heterocycles. The van der Waals surface area contributed by atoms with Gasteiger partial charge in [-0.05, 0) is 32.9 Å². The number of allylic oxidation sites excluding steroid dienone is 1. The first-order valence-electron chi connectivity index (χ1n) is 7.38. The Kier molecular flexibility index (Phi) is 4.32. The zero-order chi connectivity index (χ0) is 17.3. The highest BCUT2D eigenvalue weighted by molar-refractivity contribution is 7.99. The maximum Gasteiger partial charge on any atom is 0.256 e. The molecule has 0 spiro atoms. The fraction of sp³-hybridized carbons (Fsp3) is 0.235. The minimum Gasteiger partial charge on any atom is -0.510 e. The highest BCUT2D eigenvalue weighted by Gasteiger charge is 2.21. The Morgan fingerprint density at radius 2 is 2.08 bits per heavy atom. The first-order valence-corrected chi connectivity index (χ1v) is 8.26.